The Hall–Kier alpha value is -2.03. The number of nitrogens with zero attached hydrogens (tertiary/aromatic N) is 1. The third-order valence-corrected chi connectivity index (χ3v) is 4.37. The van der Waals surface area contributed by atoms with Gasteiger partial charge in [0.15, 0.2) is 0 Å². The second kappa shape index (κ2) is 6.82. The number of carbonyl (C=O) groups is 1. The maximum absolute atomic E-state index is 12.6. The van der Waals surface area contributed by atoms with E-state index < -0.39 is 0 Å². The van der Waals surface area contributed by atoms with Crippen molar-refractivity contribution in [2.24, 2.45) is 5.92 Å². The molecule has 0 aliphatic heterocycles. The van der Waals surface area contributed by atoms with Crippen LogP contribution in [0.15, 0.2) is 53.3 Å². The summed E-state index contributed by atoms with van der Waals surface area (Å²) in [6, 6.07) is 12.7. The van der Waals surface area contributed by atoms with Gasteiger partial charge in [0.1, 0.15) is 0 Å². The van der Waals surface area contributed by atoms with Gasteiger partial charge in [-0.25, -0.2) is 0 Å². The lowest BCUT2D eigenvalue weighted by Gasteiger charge is -2.29. The standard InChI is InChI=1S/C19H23NO2/c1-15(7-8-16-5-3-2-4-6-16)20(19(21)18-9-10-18)13-17-11-12-22-14-17/h2-6,11-12,14-15,18H,7-10,13H2,1H3/t15-/m1/s1. The van der Waals surface area contributed by atoms with E-state index in [4.69, 9.17) is 4.42 Å². The van der Waals surface area contributed by atoms with Gasteiger partial charge in [-0.15, -0.1) is 0 Å². The molecular weight excluding hydrogens is 274 g/mol. The van der Waals surface area contributed by atoms with Gasteiger partial charge in [0.2, 0.25) is 5.91 Å². The molecule has 2 aromatic rings. The molecule has 1 saturated carbocycles. The molecule has 1 aliphatic carbocycles. The molecule has 3 rings (SSSR count). The monoisotopic (exact) mass is 297 g/mol. The van der Waals surface area contributed by atoms with Gasteiger partial charge in [-0.2, -0.15) is 0 Å². The topological polar surface area (TPSA) is 33.5 Å². The zero-order chi connectivity index (χ0) is 15.4. The number of rotatable bonds is 7. The quantitative estimate of drug-likeness (QED) is 0.773. The predicted molar refractivity (Wildman–Crippen MR) is 86.2 cm³/mol. The van der Waals surface area contributed by atoms with Crippen molar-refractivity contribution in [2.75, 3.05) is 0 Å². The van der Waals surface area contributed by atoms with Crippen LogP contribution in [0.2, 0.25) is 0 Å². The second-order valence-electron chi connectivity index (χ2n) is 6.25. The molecule has 1 aromatic carbocycles. The maximum atomic E-state index is 12.6. The van der Waals surface area contributed by atoms with E-state index in [0.717, 1.165) is 31.2 Å². The Morgan fingerprint density at radius 3 is 2.64 bits per heavy atom. The summed E-state index contributed by atoms with van der Waals surface area (Å²) in [4.78, 5) is 14.6. The summed E-state index contributed by atoms with van der Waals surface area (Å²) in [5.74, 6) is 0.563. The van der Waals surface area contributed by atoms with Gasteiger partial charge in [-0.1, -0.05) is 30.3 Å². The molecule has 3 nitrogen and oxygen atoms in total. The number of carbonyl (C=O) groups excluding carboxylic acids is 1. The van der Waals surface area contributed by atoms with E-state index in [1.54, 1.807) is 12.5 Å². The molecule has 1 heterocycles. The molecule has 0 saturated heterocycles. The van der Waals surface area contributed by atoms with Gasteiger partial charge in [-0.05, 0) is 44.2 Å². The first-order valence-corrected chi connectivity index (χ1v) is 8.09. The van der Waals surface area contributed by atoms with Crippen LogP contribution in [0.4, 0.5) is 0 Å². The molecule has 1 fully saturated rings. The first kappa shape index (κ1) is 14.9. The van der Waals surface area contributed by atoms with E-state index in [1.165, 1.54) is 5.56 Å². The number of benzene rings is 1. The van der Waals surface area contributed by atoms with Crippen molar-refractivity contribution in [1.82, 2.24) is 4.90 Å². The third kappa shape index (κ3) is 3.79. The Kier molecular flexibility index (Phi) is 4.62. The minimum atomic E-state index is 0.239. The normalized spacial score (nSPS) is 15.5. The summed E-state index contributed by atoms with van der Waals surface area (Å²) in [5, 5.41) is 0. The van der Waals surface area contributed by atoms with Gasteiger partial charge < -0.3 is 9.32 Å². The number of furan rings is 1. The SMILES string of the molecule is C[C@H](CCc1ccccc1)N(Cc1ccoc1)C(=O)C1CC1. The molecule has 1 atom stereocenters. The van der Waals surface area contributed by atoms with E-state index in [0.29, 0.717) is 12.5 Å². The molecule has 0 unspecified atom stereocenters. The summed E-state index contributed by atoms with van der Waals surface area (Å²) in [6.45, 7) is 2.81. The summed E-state index contributed by atoms with van der Waals surface area (Å²) in [7, 11) is 0. The van der Waals surface area contributed by atoms with E-state index in [1.807, 2.05) is 17.0 Å². The Morgan fingerprint density at radius 2 is 2.00 bits per heavy atom. The van der Waals surface area contributed by atoms with Crippen LogP contribution >= 0.6 is 0 Å². The molecule has 116 valence electrons. The van der Waals surface area contributed by atoms with Crippen molar-refractivity contribution >= 4 is 5.91 Å². The lowest BCUT2D eigenvalue weighted by Crippen LogP contribution is -2.39. The lowest BCUT2D eigenvalue weighted by molar-refractivity contribution is -0.135. The zero-order valence-corrected chi connectivity index (χ0v) is 13.1. The first-order chi connectivity index (χ1) is 10.7. The molecule has 22 heavy (non-hydrogen) atoms. The molecule has 3 heteroatoms. The van der Waals surface area contributed by atoms with Crippen LogP contribution in [0.1, 0.15) is 37.3 Å². The Labute approximate surface area is 131 Å². The van der Waals surface area contributed by atoms with Crippen LogP contribution in [0.3, 0.4) is 0 Å². The number of hydrogen-bond donors (Lipinski definition) is 0. The molecule has 1 aromatic heterocycles. The van der Waals surface area contributed by atoms with Crippen LogP contribution in [0.25, 0.3) is 0 Å². The fourth-order valence-electron chi connectivity index (χ4n) is 2.77. The summed E-state index contributed by atoms with van der Waals surface area (Å²) < 4.78 is 5.14. The molecule has 1 aliphatic rings. The van der Waals surface area contributed by atoms with Crippen LogP contribution in [-0.4, -0.2) is 16.8 Å². The Bertz CT molecular complexity index is 587. The average molecular weight is 297 g/mol. The smallest absolute Gasteiger partial charge is 0.226 e. The third-order valence-electron chi connectivity index (χ3n) is 4.37. The number of amides is 1. The predicted octanol–water partition coefficient (Wildman–Crippen LogP) is 4.04. The fraction of sp³-hybridized carbons (Fsp3) is 0.421. The maximum Gasteiger partial charge on any atom is 0.226 e. The average Bonchev–Trinajstić information content (AvgIpc) is 3.28. The largest absolute Gasteiger partial charge is 0.472 e. The zero-order valence-electron chi connectivity index (χ0n) is 13.1. The van der Waals surface area contributed by atoms with E-state index in [-0.39, 0.29) is 12.0 Å². The molecule has 0 spiro atoms. The van der Waals surface area contributed by atoms with E-state index >= 15 is 0 Å². The Balaban J connectivity index is 1.63. The van der Waals surface area contributed by atoms with Crippen molar-refractivity contribution in [3.05, 3.63) is 60.1 Å². The van der Waals surface area contributed by atoms with Crippen molar-refractivity contribution in [2.45, 2.75) is 45.2 Å². The minimum Gasteiger partial charge on any atom is -0.472 e. The summed E-state index contributed by atoms with van der Waals surface area (Å²) in [5.41, 5.74) is 2.40. The van der Waals surface area contributed by atoms with Crippen molar-refractivity contribution in [1.29, 1.82) is 0 Å². The van der Waals surface area contributed by atoms with Crippen LogP contribution in [-0.2, 0) is 17.8 Å². The molecule has 0 bridgehead atoms. The van der Waals surface area contributed by atoms with Crippen LogP contribution in [0.5, 0.6) is 0 Å². The minimum absolute atomic E-state index is 0.239. The molecule has 0 radical (unpaired) electrons. The summed E-state index contributed by atoms with van der Waals surface area (Å²) in [6.07, 6.45) is 7.49. The number of aryl methyl sites for hydroxylation is 1. The van der Waals surface area contributed by atoms with Gasteiger partial charge in [0, 0.05) is 24.1 Å². The molecule has 1 amide bonds. The van der Waals surface area contributed by atoms with Gasteiger partial charge >= 0.3 is 0 Å². The highest BCUT2D eigenvalue weighted by atomic mass is 16.3. The first-order valence-electron chi connectivity index (χ1n) is 8.09. The number of hydrogen-bond acceptors (Lipinski definition) is 2. The van der Waals surface area contributed by atoms with E-state index in [2.05, 4.69) is 31.2 Å². The van der Waals surface area contributed by atoms with Crippen molar-refractivity contribution < 1.29 is 9.21 Å². The summed E-state index contributed by atoms with van der Waals surface area (Å²) >= 11 is 0. The van der Waals surface area contributed by atoms with Crippen molar-refractivity contribution in [3.8, 4) is 0 Å². The highest BCUT2D eigenvalue weighted by molar-refractivity contribution is 5.81. The lowest BCUT2D eigenvalue weighted by atomic mass is 10.0. The van der Waals surface area contributed by atoms with Gasteiger partial charge in [0.05, 0.1) is 12.5 Å². The molecule has 0 N–H and O–H groups in total. The van der Waals surface area contributed by atoms with Gasteiger partial charge in [-0.3, -0.25) is 4.79 Å². The van der Waals surface area contributed by atoms with Gasteiger partial charge in [0.25, 0.3) is 0 Å². The van der Waals surface area contributed by atoms with Crippen molar-refractivity contribution in [3.63, 3.8) is 0 Å². The second-order valence-corrected chi connectivity index (χ2v) is 6.25. The highest BCUT2D eigenvalue weighted by Crippen LogP contribution is 2.32. The van der Waals surface area contributed by atoms with Crippen LogP contribution in [0, 0.1) is 5.92 Å². The Morgan fingerprint density at radius 1 is 1.23 bits per heavy atom. The fourth-order valence-corrected chi connectivity index (χ4v) is 2.77. The van der Waals surface area contributed by atoms with E-state index in [9.17, 15) is 4.79 Å². The molecular formula is C19H23NO2. The van der Waals surface area contributed by atoms with Crippen LogP contribution < -0.4 is 0 Å². The highest BCUT2D eigenvalue weighted by Gasteiger charge is 2.35.